The van der Waals surface area contributed by atoms with Crippen molar-refractivity contribution >= 4 is 11.8 Å². The Bertz CT molecular complexity index is 152. The normalized spacial score (nSPS) is 28.9. The second-order valence-electron chi connectivity index (χ2n) is 2.32. The van der Waals surface area contributed by atoms with Crippen LogP contribution in [0.5, 0.6) is 0 Å². The van der Waals surface area contributed by atoms with Gasteiger partial charge in [0.25, 0.3) is 5.92 Å². The summed E-state index contributed by atoms with van der Waals surface area (Å²) in [4.78, 5) is 0. The largest absolute Gasteiger partial charge is 0.270 e. The molecule has 0 radical (unpaired) electrons. The Labute approximate surface area is 63.7 Å². The van der Waals surface area contributed by atoms with Crippen LogP contribution in [0.4, 0.5) is 8.78 Å². The Morgan fingerprint density at radius 2 is 2.30 bits per heavy atom. The third-order valence-electron chi connectivity index (χ3n) is 1.64. The van der Waals surface area contributed by atoms with Crippen molar-refractivity contribution in [1.29, 1.82) is 0 Å². The molecule has 0 aromatic carbocycles. The van der Waals surface area contributed by atoms with Crippen molar-refractivity contribution < 1.29 is 8.78 Å². The fourth-order valence-electron chi connectivity index (χ4n) is 0.943. The van der Waals surface area contributed by atoms with Crippen molar-refractivity contribution in [2.45, 2.75) is 19.3 Å². The van der Waals surface area contributed by atoms with Crippen LogP contribution in [0.25, 0.3) is 0 Å². The zero-order valence-electron chi connectivity index (χ0n) is 5.86. The monoisotopic (exact) mass is 164 g/mol. The van der Waals surface area contributed by atoms with Gasteiger partial charge in [0.15, 0.2) is 0 Å². The van der Waals surface area contributed by atoms with Crippen LogP contribution in [0, 0.1) is 0 Å². The molecule has 1 aliphatic rings. The standard InChI is InChI=1S/C7H10F2S/c1-2-6-5-10-4-3-7(6,8)9/h2H,3-5H2,1H3/b6-2+. The first-order valence-electron chi connectivity index (χ1n) is 3.28. The van der Waals surface area contributed by atoms with Crippen molar-refractivity contribution in [2.24, 2.45) is 0 Å². The zero-order valence-corrected chi connectivity index (χ0v) is 6.68. The molecule has 1 fully saturated rings. The van der Waals surface area contributed by atoms with Crippen molar-refractivity contribution in [3.63, 3.8) is 0 Å². The Hall–Kier alpha value is -0.0500. The molecule has 0 N–H and O–H groups in total. The average Bonchev–Trinajstić information content (AvgIpc) is 1.87. The second-order valence-corrected chi connectivity index (χ2v) is 3.43. The Balaban J connectivity index is 2.70. The van der Waals surface area contributed by atoms with Gasteiger partial charge in [-0.05, 0) is 12.7 Å². The van der Waals surface area contributed by atoms with Gasteiger partial charge >= 0.3 is 0 Å². The van der Waals surface area contributed by atoms with E-state index in [4.69, 9.17) is 0 Å². The molecule has 1 aliphatic heterocycles. The van der Waals surface area contributed by atoms with Crippen molar-refractivity contribution in [2.75, 3.05) is 11.5 Å². The predicted molar refractivity (Wildman–Crippen MR) is 40.6 cm³/mol. The van der Waals surface area contributed by atoms with E-state index in [0.717, 1.165) is 0 Å². The summed E-state index contributed by atoms with van der Waals surface area (Å²) in [5.41, 5.74) is 0.295. The Morgan fingerprint density at radius 1 is 1.60 bits per heavy atom. The average molecular weight is 164 g/mol. The first-order valence-corrected chi connectivity index (χ1v) is 4.43. The van der Waals surface area contributed by atoms with Gasteiger partial charge in [0.2, 0.25) is 0 Å². The van der Waals surface area contributed by atoms with Crippen molar-refractivity contribution in [3.8, 4) is 0 Å². The zero-order chi connectivity index (χ0) is 7.61. The summed E-state index contributed by atoms with van der Waals surface area (Å²) in [6, 6.07) is 0. The van der Waals surface area contributed by atoms with Crippen LogP contribution in [-0.4, -0.2) is 17.4 Å². The van der Waals surface area contributed by atoms with Crippen LogP contribution in [0.15, 0.2) is 11.6 Å². The van der Waals surface area contributed by atoms with Gasteiger partial charge in [-0.25, -0.2) is 8.78 Å². The lowest BCUT2D eigenvalue weighted by Crippen LogP contribution is -2.25. The molecule has 1 rings (SSSR count). The van der Waals surface area contributed by atoms with Gasteiger partial charge in [-0.1, -0.05) is 6.08 Å². The van der Waals surface area contributed by atoms with Crippen LogP contribution in [0.3, 0.4) is 0 Å². The van der Waals surface area contributed by atoms with E-state index in [1.54, 1.807) is 18.7 Å². The highest BCUT2D eigenvalue weighted by atomic mass is 32.2. The van der Waals surface area contributed by atoms with Crippen molar-refractivity contribution in [3.05, 3.63) is 11.6 Å². The molecule has 0 bridgehead atoms. The van der Waals surface area contributed by atoms with Crippen LogP contribution in [0.1, 0.15) is 13.3 Å². The molecule has 0 amide bonds. The molecule has 0 spiro atoms. The van der Waals surface area contributed by atoms with Crippen LogP contribution < -0.4 is 0 Å². The molecule has 0 aromatic heterocycles. The molecule has 0 atom stereocenters. The Morgan fingerprint density at radius 3 is 2.70 bits per heavy atom. The highest BCUT2D eigenvalue weighted by molar-refractivity contribution is 7.99. The lowest BCUT2D eigenvalue weighted by Gasteiger charge is -2.24. The first kappa shape index (κ1) is 8.05. The van der Waals surface area contributed by atoms with E-state index < -0.39 is 5.92 Å². The molecule has 1 heterocycles. The molecule has 0 aliphatic carbocycles. The van der Waals surface area contributed by atoms with Gasteiger partial charge < -0.3 is 0 Å². The van der Waals surface area contributed by atoms with Gasteiger partial charge in [-0.15, -0.1) is 0 Å². The maximum atomic E-state index is 12.8. The summed E-state index contributed by atoms with van der Waals surface area (Å²) in [5, 5.41) is 0. The maximum absolute atomic E-state index is 12.8. The molecule has 0 aromatic rings. The van der Waals surface area contributed by atoms with E-state index in [-0.39, 0.29) is 6.42 Å². The van der Waals surface area contributed by atoms with Gasteiger partial charge in [-0.2, -0.15) is 11.8 Å². The molecule has 0 saturated carbocycles. The first-order chi connectivity index (χ1) is 4.67. The third-order valence-corrected chi connectivity index (χ3v) is 2.64. The lowest BCUT2D eigenvalue weighted by molar-refractivity contribution is 0.0374. The number of hydrogen-bond donors (Lipinski definition) is 0. The fraction of sp³-hybridized carbons (Fsp3) is 0.714. The second kappa shape index (κ2) is 2.91. The summed E-state index contributed by atoms with van der Waals surface area (Å²) >= 11 is 1.58. The third kappa shape index (κ3) is 1.51. The van der Waals surface area contributed by atoms with Crippen LogP contribution in [0.2, 0.25) is 0 Å². The number of allylic oxidation sites excluding steroid dienone is 1. The molecule has 10 heavy (non-hydrogen) atoms. The van der Waals surface area contributed by atoms with E-state index in [1.165, 1.54) is 6.08 Å². The molecule has 0 nitrogen and oxygen atoms in total. The van der Waals surface area contributed by atoms with Gasteiger partial charge in [0, 0.05) is 17.7 Å². The number of thioether (sulfide) groups is 1. The van der Waals surface area contributed by atoms with E-state index in [2.05, 4.69) is 0 Å². The molecular formula is C7H10F2S. The number of rotatable bonds is 0. The summed E-state index contributed by atoms with van der Waals surface area (Å²) in [5.74, 6) is -1.42. The highest BCUT2D eigenvalue weighted by Crippen LogP contribution is 2.36. The fourth-order valence-corrected chi connectivity index (χ4v) is 2.09. The lowest BCUT2D eigenvalue weighted by atomic mass is 10.1. The molecule has 58 valence electrons. The summed E-state index contributed by atoms with van der Waals surface area (Å²) < 4.78 is 25.6. The molecule has 3 heteroatoms. The van der Waals surface area contributed by atoms with Crippen molar-refractivity contribution in [1.82, 2.24) is 0 Å². The Kier molecular flexibility index (Phi) is 2.34. The topological polar surface area (TPSA) is 0 Å². The summed E-state index contributed by atoms with van der Waals surface area (Å²) in [6.45, 7) is 1.68. The van der Waals surface area contributed by atoms with Gasteiger partial charge in [0.1, 0.15) is 0 Å². The van der Waals surface area contributed by atoms with Gasteiger partial charge in [0.05, 0.1) is 0 Å². The van der Waals surface area contributed by atoms with Crippen LogP contribution in [-0.2, 0) is 0 Å². The van der Waals surface area contributed by atoms with Gasteiger partial charge in [-0.3, -0.25) is 0 Å². The minimum atomic E-state index is -2.51. The smallest absolute Gasteiger partial charge is 0.202 e. The van der Waals surface area contributed by atoms with Crippen LogP contribution >= 0.6 is 11.8 Å². The predicted octanol–water partition coefficient (Wildman–Crippen LogP) is 2.70. The van der Waals surface area contributed by atoms with E-state index in [9.17, 15) is 8.78 Å². The van der Waals surface area contributed by atoms with E-state index >= 15 is 0 Å². The molecule has 1 saturated heterocycles. The molecular weight excluding hydrogens is 154 g/mol. The minimum Gasteiger partial charge on any atom is -0.202 e. The number of alkyl halides is 2. The number of halogens is 2. The number of hydrogen-bond acceptors (Lipinski definition) is 1. The van der Waals surface area contributed by atoms with E-state index in [1.807, 2.05) is 0 Å². The summed E-state index contributed by atoms with van der Waals surface area (Å²) in [6.07, 6.45) is 1.55. The maximum Gasteiger partial charge on any atom is 0.270 e. The minimum absolute atomic E-state index is 0.0112. The quantitative estimate of drug-likeness (QED) is 0.496. The van der Waals surface area contributed by atoms with E-state index in [0.29, 0.717) is 17.1 Å². The molecule has 0 unspecified atom stereocenters. The summed E-state index contributed by atoms with van der Waals surface area (Å²) in [7, 11) is 0. The SMILES string of the molecule is C/C=C1\CSCCC1(F)F. The highest BCUT2D eigenvalue weighted by Gasteiger charge is 2.35.